The number of fused-ring (bicyclic) bond motifs is 3. The predicted molar refractivity (Wildman–Crippen MR) is 87.5 cm³/mol. The molecule has 1 heterocycles. The van der Waals surface area contributed by atoms with Crippen molar-refractivity contribution in [3.63, 3.8) is 0 Å². The first kappa shape index (κ1) is 16.5. The Bertz CT molecular complexity index is 811. The monoisotopic (exact) mass is 332 g/mol. The van der Waals surface area contributed by atoms with Crippen LogP contribution in [0.3, 0.4) is 0 Å². The molecule has 24 heavy (non-hydrogen) atoms. The number of methoxy groups -OCH3 is 2. The van der Waals surface area contributed by atoms with Crippen molar-refractivity contribution in [1.82, 2.24) is 0 Å². The van der Waals surface area contributed by atoms with Gasteiger partial charge in [0.2, 0.25) is 0 Å². The summed E-state index contributed by atoms with van der Waals surface area (Å²) < 4.78 is 16.3. The molecule has 2 atom stereocenters. The second-order valence-corrected chi connectivity index (χ2v) is 6.28. The van der Waals surface area contributed by atoms with Gasteiger partial charge < -0.3 is 24.4 Å². The Morgan fingerprint density at radius 1 is 1.17 bits per heavy atom. The van der Waals surface area contributed by atoms with Crippen LogP contribution in [0.25, 0.3) is 10.8 Å². The van der Waals surface area contributed by atoms with E-state index in [1.54, 1.807) is 19.9 Å². The summed E-state index contributed by atoms with van der Waals surface area (Å²) in [5, 5.41) is 22.4. The molecule has 2 aromatic carbocycles. The molecular formula is C18H20O6. The highest BCUT2D eigenvalue weighted by Crippen LogP contribution is 2.49. The number of benzene rings is 2. The van der Waals surface area contributed by atoms with E-state index in [0.29, 0.717) is 16.5 Å². The standard InChI is InChI=1S/C18H20O6/c1-18(2)16(20)13(19)11-12(17(21)23-4)14(22-3)9-7-5-6-8-10(9)15(11)24-18/h5-8,13,16,19-20H,1-4H3/t13-,16-/m1/s1. The Morgan fingerprint density at radius 3 is 2.38 bits per heavy atom. The van der Waals surface area contributed by atoms with E-state index in [0.717, 1.165) is 0 Å². The quantitative estimate of drug-likeness (QED) is 0.820. The van der Waals surface area contributed by atoms with Gasteiger partial charge in [0.15, 0.2) is 0 Å². The molecule has 0 aromatic heterocycles. The maximum atomic E-state index is 12.4. The lowest BCUT2D eigenvalue weighted by atomic mass is 9.84. The average Bonchev–Trinajstić information content (AvgIpc) is 2.58. The lowest BCUT2D eigenvalue weighted by Gasteiger charge is -2.41. The normalized spacial score (nSPS) is 21.8. The van der Waals surface area contributed by atoms with Gasteiger partial charge in [-0.3, -0.25) is 0 Å². The van der Waals surface area contributed by atoms with Gasteiger partial charge in [0, 0.05) is 16.3 Å². The maximum Gasteiger partial charge on any atom is 0.342 e. The number of carbonyl (C=O) groups excluding carboxylic acids is 1. The van der Waals surface area contributed by atoms with Gasteiger partial charge in [-0.2, -0.15) is 0 Å². The van der Waals surface area contributed by atoms with Crippen molar-refractivity contribution in [1.29, 1.82) is 0 Å². The lowest BCUT2D eigenvalue weighted by Crippen LogP contribution is -2.49. The number of ether oxygens (including phenoxy) is 3. The van der Waals surface area contributed by atoms with Crippen molar-refractivity contribution in [2.45, 2.75) is 31.7 Å². The van der Waals surface area contributed by atoms with Crippen molar-refractivity contribution < 1.29 is 29.2 Å². The first-order valence-corrected chi connectivity index (χ1v) is 7.59. The summed E-state index contributed by atoms with van der Waals surface area (Å²) in [5.41, 5.74) is -0.767. The molecule has 2 N–H and O–H groups in total. The Kier molecular flexibility index (Phi) is 3.89. The fourth-order valence-corrected chi connectivity index (χ4v) is 3.17. The molecule has 6 nitrogen and oxygen atoms in total. The van der Waals surface area contributed by atoms with Crippen LogP contribution in [0, 0.1) is 0 Å². The van der Waals surface area contributed by atoms with Crippen LogP contribution in [0.4, 0.5) is 0 Å². The Labute approximate surface area is 139 Å². The number of hydrogen-bond donors (Lipinski definition) is 2. The fourth-order valence-electron chi connectivity index (χ4n) is 3.17. The van der Waals surface area contributed by atoms with Gasteiger partial charge in [-0.25, -0.2) is 4.79 Å². The van der Waals surface area contributed by atoms with Gasteiger partial charge >= 0.3 is 5.97 Å². The third kappa shape index (κ3) is 2.22. The number of carbonyl (C=O) groups is 1. The third-order valence-corrected chi connectivity index (χ3v) is 4.42. The van der Waals surface area contributed by atoms with Gasteiger partial charge in [-0.1, -0.05) is 24.3 Å². The van der Waals surface area contributed by atoms with Crippen LogP contribution in [0.5, 0.6) is 11.5 Å². The molecule has 3 rings (SSSR count). The second-order valence-electron chi connectivity index (χ2n) is 6.28. The van der Waals surface area contributed by atoms with Crippen LogP contribution in [-0.2, 0) is 4.74 Å². The predicted octanol–water partition coefficient (Wildman–Crippen LogP) is 2.20. The molecular weight excluding hydrogens is 312 g/mol. The Morgan fingerprint density at radius 2 is 1.79 bits per heavy atom. The van der Waals surface area contributed by atoms with Crippen LogP contribution >= 0.6 is 0 Å². The zero-order chi connectivity index (χ0) is 17.6. The summed E-state index contributed by atoms with van der Waals surface area (Å²) in [7, 11) is 2.69. The van der Waals surface area contributed by atoms with Crippen molar-refractivity contribution in [2.75, 3.05) is 14.2 Å². The minimum absolute atomic E-state index is 0.0655. The first-order valence-electron chi connectivity index (χ1n) is 7.59. The SMILES string of the molecule is COC(=O)c1c2c(c3ccccc3c1OC)OC(C)(C)[C@H](O)[C@@H]2O. The summed E-state index contributed by atoms with van der Waals surface area (Å²) >= 11 is 0. The van der Waals surface area contributed by atoms with E-state index in [4.69, 9.17) is 14.2 Å². The minimum atomic E-state index is -1.31. The molecule has 0 fully saturated rings. The van der Waals surface area contributed by atoms with Crippen LogP contribution in [0.1, 0.15) is 35.9 Å². The maximum absolute atomic E-state index is 12.4. The number of esters is 1. The van der Waals surface area contributed by atoms with E-state index in [-0.39, 0.29) is 16.9 Å². The number of hydrogen-bond acceptors (Lipinski definition) is 6. The molecule has 0 saturated carbocycles. The highest BCUT2D eigenvalue weighted by molar-refractivity contribution is 6.06. The second kappa shape index (κ2) is 5.65. The van der Waals surface area contributed by atoms with Crippen molar-refractivity contribution in [3.8, 4) is 11.5 Å². The van der Waals surface area contributed by atoms with E-state index in [2.05, 4.69) is 0 Å². The summed E-state index contributed by atoms with van der Waals surface area (Å²) in [6.07, 6.45) is -2.52. The van der Waals surface area contributed by atoms with Gasteiger partial charge in [0.1, 0.15) is 34.9 Å². The highest BCUT2D eigenvalue weighted by Gasteiger charge is 2.46. The average molecular weight is 332 g/mol. The van der Waals surface area contributed by atoms with Crippen molar-refractivity contribution in [2.24, 2.45) is 0 Å². The topological polar surface area (TPSA) is 85.2 Å². The van der Waals surface area contributed by atoms with Gasteiger partial charge in [-0.05, 0) is 13.8 Å². The molecule has 128 valence electrons. The molecule has 0 amide bonds. The van der Waals surface area contributed by atoms with Crippen LogP contribution < -0.4 is 9.47 Å². The van der Waals surface area contributed by atoms with Gasteiger partial charge in [0.25, 0.3) is 0 Å². The van der Waals surface area contributed by atoms with Crippen LogP contribution in [0.15, 0.2) is 24.3 Å². The molecule has 0 spiro atoms. The molecule has 1 aliphatic heterocycles. The smallest absolute Gasteiger partial charge is 0.342 e. The van der Waals surface area contributed by atoms with Crippen LogP contribution in [-0.4, -0.2) is 42.1 Å². The zero-order valence-electron chi connectivity index (χ0n) is 14.0. The first-order chi connectivity index (χ1) is 11.3. The minimum Gasteiger partial charge on any atom is -0.495 e. The van der Waals surface area contributed by atoms with E-state index < -0.39 is 23.8 Å². The zero-order valence-corrected chi connectivity index (χ0v) is 14.0. The van der Waals surface area contributed by atoms with E-state index in [1.165, 1.54) is 14.2 Å². The largest absolute Gasteiger partial charge is 0.495 e. The number of aliphatic hydroxyl groups excluding tert-OH is 2. The molecule has 0 aliphatic carbocycles. The fraction of sp³-hybridized carbons (Fsp3) is 0.389. The molecule has 0 radical (unpaired) electrons. The molecule has 2 aromatic rings. The van der Waals surface area contributed by atoms with E-state index >= 15 is 0 Å². The molecule has 6 heteroatoms. The summed E-state index contributed by atoms with van der Waals surface area (Å²) in [6, 6.07) is 7.26. The summed E-state index contributed by atoms with van der Waals surface area (Å²) in [4.78, 5) is 12.4. The van der Waals surface area contributed by atoms with E-state index in [9.17, 15) is 15.0 Å². The molecule has 0 unspecified atom stereocenters. The van der Waals surface area contributed by atoms with Gasteiger partial charge in [-0.15, -0.1) is 0 Å². The van der Waals surface area contributed by atoms with Crippen LogP contribution in [0.2, 0.25) is 0 Å². The molecule has 0 bridgehead atoms. The molecule has 0 saturated heterocycles. The number of aliphatic hydroxyl groups is 2. The van der Waals surface area contributed by atoms with E-state index in [1.807, 2.05) is 18.2 Å². The highest BCUT2D eigenvalue weighted by atomic mass is 16.5. The van der Waals surface area contributed by atoms with Crippen molar-refractivity contribution >= 4 is 16.7 Å². The van der Waals surface area contributed by atoms with Crippen molar-refractivity contribution in [3.05, 3.63) is 35.4 Å². The summed E-state index contributed by atoms with van der Waals surface area (Å²) in [5.74, 6) is -0.0243. The van der Waals surface area contributed by atoms with Gasteiger partial charge in [0.05, 0.1) is 14.2 Å². The lowest BCUT2D eigenvalue weighted by molar-refractivity contribution is -0.111. The Balaban J connectivity index is 2.48. The molecule has 1 aliphatic rings. The summed E-state index contributed by atoms with van der Waals surface area (Å²) in [6.45, 7) is 3.36. The Hall–Kier alpha value is -2.31. The number of rotatable bonds is 2. The third-order valence-electron chi connectivity index (χ3n) is 4.42.